The number of hydrogen-bond donors (Lipinski definition) is 2. The van der Waals surface area contributed by atoms with E-state index in [1.807, 2.05) is 25.1 Å². The predicted molar refractivity (Wildman–Crippen MR) is 82.9 cm³/mol. The Morgan fingerprint density at radius 3 is 2.70 bits per heavy atom. The summed E-state index contributed by atoms with van der Waals surface area (Å²) in [7, 11) is 0. The maximum atomic E-state index is 10.5. The summed E-state index contributed by atoms with van der Waals surface area (Å²) in [6.07, 6.45) is 0.551. The fourth-order valence-corrected chi connectivity index (χ4v) is 2.44. The molecular formula is C16H25N3O. The third-order valence-electron chi connectivity index (χ3n) is 3.48. The Balaban J connectivity index is 2.24. The van der Waals surface area contributed by atoms with Gasteiger partial charge in [0.25, 0.3) is 0 Å². The van der Waals surface area contributed by atoms with Gasteiger partial charge >= 0.3 is 0 Å². The molecule has 0 radical (unpaired) electrons. The smallest absolute Gasteiger partial charge is 0.112 e. The van der Waals surface area contributed by atoms with Crippen LogP contribution in [0.25, 0.3) is 11.0 Å². The maximum absolute atomic E-state index is 10.5. The first kappa shape index (κ1) is 15.0. The topological polar surface area (TPSA) is 50.1 Å². The van der Waals surface area contributed by atoms with Gasteiger partial charge in [-0.05, 0) is 26.0 Å². The van der Waals surface area contributed by atoms with Crippen LogP contribution in [0.2, 0.25) is 0 Å². The number of rotatable bonds is 6. The molecule has 1 aromatic carbocycles. The predicted octanol–water partition coefficient (Wildman–Crippen LogP) is 2.35. The van der Waals surface area contributed by atoms with Crippen LogP contribution < -0.4 is 5.32 Å². The first-order valence-corrected chi connectivity index (χ1v) is 7.33. The van der Waals surface area contributed by atoms with Crippen LogP contribution in [0.15, 0.2) is 24.3 Å². The van der Waals surface area contributed by atoms with Crippen molar-refractivity contribution in [1.82, 2.24) is 14.9 Å². The SMILES string of the molecule is CCn1c(CC(C)(O)CNC(C)C)nc2ccccc21. The summed E-state index contributed by atoms with van der Waals surface area (Å²) in [5, 5.41) is 13.8. The Kier molecular flexibility index (Phi) is 4.45. The van der Waals surface area contributed by atoms with Gasteiger partial charge in [0.1, 0.15) is 5.82 Å². The lowest BCUT2D eigenvalue weighted by atomic mass is 10.0. The van der Waals surface area contributed by atoms with Gasteiger partial charge < -0.3 is 15.0 Å². The van der Waals surface area contributed by atoms with E-state index in [2.05, 4.69) is 41.7 Å². The molecule has 1 aromatic heterocycles. The van der Waals surface area contributed by atoms with Crippen LogP contribution in [0.4, 0.5) is 0 Å². The van der Waals surface area contributed by atoms with Gasteiger partial charge in [-0.1, -0.05) is 26.0 Å². The second-order valence-corrected chi connectivity index (χ2v) is 5.97. The minimum Gasteiger partial charge on any atom is -0.388 e. The molecule has 2 rings (SSSR count). The van der Waals surface area contributed by atoms with Crippen LogP contribution in [0.5, 0.6) is 0 Å². The number of para-hydroxylation sites is 2. The molecule has 2 N–H and O–H groups in total. The molecule has 1 unspecified atom stereocenters. The van der Waals surface area contributed by atoms with Gasteiger partial charge in [0.05, 0.1) is 16.6 Å². The number of hydrogen-bond acceptors (Lipinski definition) is 3. The van der Waals surface area contributed by atoms with Crippen molar-refractivity contribution in [3.05, 3.63) is 30.1 Å². The molecule has 0 spiro atoms. The largest absolute Gasteiger partial charge is 0.388 e. The van der Waals surface area contributed by atoms with Gasteiger partial charge in [0.15, 0.2) is 0 Å². The van der Waals surface area contributed by atoms with Crippen molar-refractivity contribution in [1.29, 1.82) is 0 Å². The molecule has 1 atom stereocenters. The summed E-state index contributed by atoms with van der Waals surface area (Å²) in [6.45, 7) is 9.57. The van der Waals surface area contributed by atoms with Crippen molar-refractivity contribution in [2.75, 3.05) is 6.54 Å². The molecule has 0 aliphatic carbocycles. The highest BCUT2D eigenvalue weighted by Gasteiger charge is 2.24. The average molecular weight is 275 g/mol. The second-order valence-electron chi connectivity index (χ2n) is 5.97. The van der Waals surface area contributed by atoms with Crippen molar-refractivity contribution in [2.45, 2.75) is 52.3 Å². The van der Waals surface area contributed by atoms with E-state index in [4.69, 9.17) is 0 Å². The van der Waals surface area contributed by atoms with Crippen molar-refractivity contribution >= 4 is 11.0 Å². The van der Waals surface area contributed by atoms with E-state index >= 15 is 0 Å². The first-order chi connectivity index (χ1) is 9.43. The van der Waals surface area contributed by atoms with E-state index in [9.17, 15) is 5.11 Å². The molecular weight excluding hydrogens is 250 g/mol. The highest BCUT2D eigenvalue weighted by Crippen LogP contribution is 2.19. The van der Waals surface area contributed by atoms with E-state index in [0.717, 1.165) is 23.4 Å². The van der Waals surface area contributed by atoms with Crippen molar-refractivity contribution in [3.8, 4) is 0 Å². The number of nitrogens with zero attached hydrogens (tertiary/aromatic N) is 2. The molecule has 0 saturated heterocycles. The van der Waals surface area contributed by atoms with E-state index in [-0.39, 0.29) is 0 Å². The molecule has 0 aliphatic rings. The molecule has 0 saturated carbocycles. The molecule has 20 heavy (non-hydrogen) atoms. The molecule has 4 heteroatoms. The number of fused-ring (bicyclic) bond motifs is 1. The maximum Gasteiger partial charge on any atom is 0.112 e. The zero-order chi connectivity index (χ0) is 14.8. The van der Waals surface area contributed by atoms with Crippen LogP contribution in [-0.2, 0) is 13.0 Å². The van der Waals surface area contributed by atoms with Crippen LogP contribution in [-0.4, -0.2) is 32.8 Å². The molecule has 1 heterocycles. The molecule has 110 valence electrons. The van der Waals surface area contributed by atoms with Crippen LogP contribution in [0.3, 0.4) is 0 Å². The summed E-state index contributed by atoms with van der Waals surface area (Å²) >= 11 is 0. The third-order valence-corrected chi connectivity index (χ3v) is 3.48. The Morgan fingerprint density at radius 1 is 1.35 bits per heavy atom. The van der Waals surface area contributed by atoms with Gasteiger partial charge in [-0.15, -0.1) is 0 Å². The zero-order valence-electron chi connectivity index (χ0n) is 12.8. The van der Waals surface area contributed by atoms with Gasteiger partial charge in [-0.2, -0.15) is 0 Å². The number of aryl methyl sites for hydroxylation is 1. The number of benzene rings is 1. The average Bonchev–Trinajstić information content (AvgIpc) is 2.72. The summed E-state index contributed by atoms with van der Waals surface area (Å²) in [4.78, 5) is 4.67. The molecule has 0 aliphatic heterocycles. The minimum absolute atomic E-state index is 0.367. The second kappa shape index (κ2) is 5.94. The summed E-state index contributed by atoms with van der Waals surface area (Å²) < 4.78 is 2.18. The highest BCUT2D eigenvalue weighted by molar-refractivity contribution is 5.75. The molecule has 0 bridgehead atoms. The molecule has 0 fully saturated rings. The Morgan fingerprint density at radius 2 is 2.05 bits per heavy atom. The normalized spacial score (nSPS) is 14.9. The van der Waals surface area contributed by atoms with E-state index < -0.39 is 5.60 Å². The Bertz CT molecular complexity index is 572. The van der Waals surface area contributed by atoms with Crippen molar-refractivity contribution in [2.24, 2.45) is 0 Å². The van der Waals surface area contributed by atoms with Crippen molar-refractivity contribution < 1.29 is 5.11 Å². The first-order valence-electron chi connectivity index (χ1n) is 7.33. The van der Waals surface area contributed by atoms with Crippen LogP contribution >= 0.6 is 0 Å². The number of imidazole rings is 1. The fraction of sp³-hybridized carbons (Fsp3) is 0.562. The fourth-order valence-electron chi connectivity index (χ4n) is 2.44. The third kappa shape index (κ3) is 3.38. The Hall–Kier alpha value is -1.39. The number of aliphatic hydroxyl groups is 1. The summed E-state index contributed by atoms with van der Waals surface area (Å²) in [5.41, 5.74) is 1.34. The van der Waals surface area contributed by atoms with Gasteiger partial charge in [-0.3, -0.25) is 0 Å². The van der Waals surface area contributed by atoms with Gasteiger partial charge in [0, 0.05) is 25.6 Å². The van der Waals surface area contributed by atoms with E-state index in [0.29, 0.717) is 19.0 Å². The van der Waals surface area contributed by atoms with Crippen LogP contribution in [0.1, 0.15) is 33.5 Å². The lowest BCUT2D eigenvalue weighted by Crippen LogP contribution is -2.42. The highest BCUT2D eigenvalue weighted by atomic mass is 16.3. The standard InChI is InChI=1S/C16H25N3O/c1-5-19-14-9-7-6-8-13(14)18-15(19)10-16(4,20)11-17-12(2)3/h6-9,12,17,20H,5,10-11H2,1-4H3. The quantitative estimate of drug-likeness (QED) is 0.851. The zero-order valence-corrected chi connectivity index (χ0v) is 12.8. The lowest BCUT2D eigenvalue weighted by Gasteiger charge is -2.25. The van der Waals surface area contributed by atoms with Crippen molar-refractivity contribution in [3.63, 3.8) is 0 Å². The van der Waals surface area contributed by atoms with E-state index in [1.54, 1.807) is 0 Å². The molecule has 2 aromatic rings. The van der Waals surface area contributed by atoms with Crippen LogP contribution in [0, 0.1) is 0 Å². The molecule has 4 nitrogen and oxygen atoms in total. The Labute approximate surface area is 120 Å². The summed E-state index contributed by atoms with van der Waals surface area (Å²) in [6, 6.07) is 8.49. The monoisotopic (exact) mass is 275 g/mol. The van der Waals surface area contributed by atoms with Gasteiger partial charge in [-0.25, -0.2) is 4.98 Å². The molecule has 0 amide bonds. The minimum atomic E-state index is -0.793. The lowest BCUT2D eigenvalue weighted by molar-refractivity contribution is 0.0554. The number of aromatic nitrogens is 2. The van der Waals surface area contributed by atoms with Gasteiger partial charge in [0.2, 0.25) is 0 Å². The number of nitrogens with one attached hydrogen (secondary N) is 1. The summed E-state index contributed by atoms with van der Waals surface area (Å²) in [5.74, 6) is 0.948. The van der Waals surface area contributed by atoms with E-state index in [1.165, 1.54) is 0 Å².